The summed E-state index contributed by atoms with van der Waals surface area (Å²) in [7, 11) is 0. The molecule has 0 N–H and O–H groups in total. The first-order valence-electron chi connectivity index (χ1n) is 3.16. The summed E-state index contributed by atoms with van der Waals surface area (Å²) in [4.78, 5) is 0. The lowest BCUT2D eigenvalue weighted by molar-refractivity contribution is 0.561. The SMILES string of the molecule is Cc1c(F)ccc(CCl)c1F. The molecule has 0 nitrogen and oxygen atoms in total. The highest BCUT2D eigenvalue weighted by atomic mass is 35.5. The molecule has 1 aromatic carbocycles. The van der Waals surface area contributed by atoms with Gasteiger partial charge in [-0.3, -0.25) is 0 Å². The summed E-state index contributed by atoms with van der Waals surface area (Å²) in [5.74, 6) is -0.996. The summed E-state index contributed by atoms with van der Waals surface area (Å²) in [5, 5.41) is 0. The fraction of sp³-hybridized carbons (Fsp3) is 0.250. The third-order valence-electron chi connectivity index (χ3n) is 1.54. The molecule has 0 unspecified atom stereocenters. The van der Waals surface area contributed by atoms with Crippen molar-refractivity contribution in [3.8, 4) is 0 Å². The lowest BCUT2D eigenvalue weighted by Gasteiger charge is -2.01. The van der Waals surface area contributed by atoms with E-state index in [-0.39, 0.29) is 11.4 Å². The fourth-order valence-electron chi connectivity index (χ4n) is 0.821. The summed E-state index contributed by atoms with van der Waals surface area (Å²) in [6, 6.07) is 2.57. The molecule has 3 heteroatoms. The maximum absolute atomic E-state index is 12.9. The number of hydrogen-bond donors (Lipinski definition) is 0. The Bertz CT molecular complexity index is 271. The minimum absolute atomic E-state index is 0.0307. The van der Waals surface area contributed by atoms with Gasteiger partial charge in [0, 0.05) is 11.1 Å². The maximum atomic E-state index is 12.9. The lowest BCUT2D eigenvalue weighted by atomic mass is 10.1. The Morgan fingerprint density at radius 1 is 1.36 bits per heavy atom. The highest BCUT2D eigenvalue weighted by Crippen LogP contribution is 2.16. The molecule has 0 atom stereocenters. The molecule has 0 aliphatic carbocycles. The average molecular weight is 177 g/mol. The second kappa shape index (κ2) is 3.18. The van der Waals surface area contributed by atoms with Gasteiger partial charge in [0.2, 0.25) is 0 Å². The molecule has 0 aliphatic heterocycles. The molecule has 0 fully saturated rings. The van der Waals surface area contributed by atoms with Crippen molar-refractivity contribution in [1.29, 1.82) is 0 Å². The van der Waals surface area contributed by atoms with Gasteiger partial charge in [0.1, 0.15) is 11.6 Å². The highest BCUT2D eigenvalue weighted by molar-refractivity contribution is 6.17. The first-order chi connectivity index (χ1) is 5.16. The van der Waals surface area contributed by atoms with E-state index in [1.54, 1.807) is 0 Å². The van der Waals surface area contributed by atoms with Gasteiger partial charge in [-0.2, -0.15) is 0 Å². The van der Waals surface area contributed by atoms with Crippen molar-refractivity contribution in [2.24, 2.45) is 0 Å². The van der Waals surface area contributed by atoms with Crippen LogP contribution in [0.1, 0.15) is 11.1 Å². The highest BCUT2D eigenvalue weighted by Gasteiger charge is 2.07. The van der Waals surface area contributed by atoms with Gasteiger partial charge < -0.3 is 0 Å². The van der Waals surface area contributed by atoms with Gasteiger partial charge >= 0.3 is 0 Å². The van der Waals surface area contributed by atoms with Crippen LogP contribution >= 0.6 is 11.6 Å². The molecule has 0 spiro atoms. The van der Waals surface area contributed by atoms with E-state index in [2.05, 4.69) is 0 Å². The summed E-state index contributed by atoms with van der Waals surface area (Å²) >= 11 is 5.39. The van der Waals surface area contributed by atoms with Crippen LogP contribution in [0.3, 0.4) is 0 Å². The topological polar surface area (TPSA) is 0 Å². The molecule has 11 heavy (non-hydrogen) atoms. The monoisotopic (exact) mass is 176 g/mol. The molecule has 0 amide bonds. The zero-order valence-electron chi connectivity index (χ0n) is 6.00. The van der Waals surface area contributed by atoms with Crippen LogP contribution in [0.2, 0.25) is 0 Å². The van der Waals surface area contributed by atoms with Crippen LogP contribution in [0.4, 0.5) is 8.78 Å². The number of halogens is 3. The zero-order valence-corrected chi connectivity index (χ0v) is 6.75. The molecular formula is C8H7ClF2. The van der Waals surface area contributed by atoms with Crippen molar-refractivity contribution in [2.45, 2.75) is 12.8 Å². The van der Waals surface area contributed by atoms with E-state index in [0.29, 0.717) is 5.56 Å². The summed E-state index contributed by atoms with van der Waals surface area (Å²) < 4.78 is 25.6. The Hall–Kier alpha value is -0.630. The van der Waals surface area contributed by atoms with Crippen molar-refractivity contribution in [3.63, 3.8) is 0 Å². The summed E-state index contributed by atoms with van der Waals surface area (Å²) in [6.45, 7) is 1.39. The van der Waals surface area contributed by atoms with E-state index in [4.69, 9.17) is 11.6 Å². The van der Waals surface area contributed by atoms with Crippen LogP contribution < -0.4 is 0 Å². The van der Waals surface area contributed by atoms with E-state index in [0.717, 1.165) is 0 Å². The Kier molecular flexibility index (Phi) is 2.45. The third kappa shape index (κ3) is 1.51. The van der Waals surface area contributed by atoms with Crippen LogP contribution in [-0.4, -0.2) is 0 Å². The maximum Gasteiger partial charge on any atom is 0.133 e. The molecule has 0 saturated carbocycles. The van der Waals surface area contributed by atoms with E-state index < -0.39 is 11.6 Å². The smallest absolute Gasteiger partial charge is 0.133 e. The minimum Gasteiger partial charge on any atom is -0.207 e. The molecule has 1 rings (SSSR count). The Labute approximate surface area is 68.8 Å². The van der Waals surface area contributed by atoms with Crippen LogP contribution in [0.25, 0.3) is 0 Å². The summed E-state index contributed by atoms with van der Waals surface area (Å²) in [6.07, 6.45) is 0. The lowest BCUT2D eigenvalue weighted by Crippen LogP contribution is -1.93. The molecule has 0 bridgehead atoms. The fourth-order valence-corrected chi connectivity index (χ4v) is 1.03. The van der Waals surface area contributed by atoms with Gasteiger partial charge in [-0.25, -0.2) is 8.78 Å². The van der Waals surface area contributed by atoms with Crippen molar-refractivity contribution >= 4 is 11.6 Å². The van der Waals surface area contributed by atoms with Crippen molar-refractivity contribution in [3.05, 3.63) is 34.9 Å². The molecular weight excluding hydrogens is 170 g/mol. The first-order valence-corrected chi connectivity index (χ1v) is 3.69. The van der Waals surface area contributed by atoms with E-state index in [9.17, 15) is 8.78 Å². The van der Waals surface area contributed by atoms with E-state index in [1.165, 1.54) is 19.1 Å². The zero-order chi connectivity index (χ0) is 8.43. The van der Waals surface area contributed by atoms with Crippen molar-refractivity contribution < 1.29 is 8.78 Å². The standard InChI is InChI=1S/C8H7ClF2/c1-5-7(10)3-2-6(4-9)8(5)11/h2-3H,4H2,1H3. The Morgan fingerprint density at radius 2 is 2.00 bits per heavy atom. The Morgan fingerprint density at radius 3 is 2.55 bits per heavy atom. The van der Waals surface area contributed by atoms with Crippen LogP contribution in [0, 0.1) is 18.6 Å². The van der Waals surface area contributed by atoms with Gasteiger partial charge in [0.25, 0.3) is 0 Å². The summed E-state index contributed by atoms with van der Waals surface area (Å²) in [5.41, 5.74) is 0.369. The van der Waals surface area contributed by atoms with Crippen molar-refractivity contribution in [1.82, 2.24) is 0 Å². The van der Waals surface area contributed by atoms with Gasteiger partial charge in [-0.05, 0) is 13.0 Å². The van der Waals surface area contributed by atoms with E-state index in [1.807, 2.05) is 0 Å². The van der Waals surface area contributed by atoms with Crippen LogP contribution in [0.15, 0.2) is 12.1 Å². The Balaban J connectivity index is 3.25. The molecule has 0 heterocycles. The number of hydrogen-bond acceptors (Lipinski definition) is 0. The predicted molar refractivity (Wildman–Crippen MR) is 40.7 cm³/mol. The van der Waals surface area contributed by atoms with Crippen molar-refractivity contribution in [2.75, 3.05) is 0 Å². The first kappa shape index (κ1) is 8.47. The molecule has 1 aromatic rings. The van der Waals surface area contributed by atoms with Gasteiger partial charge in [-0.1, -0.05) is 6.07 Å². The number of alkyl halides is 1. The van der Waals surface area contributed by atoms with E-state index >= 15 is 0 Å². The van der Waals surface area contributed by atoms with Gasteiger partial charge in [-0.15, -0.1) is 11.6 Å². The van der Waals surface area contributed by atoms with Gasteiger partial charge in [0.05, 0.1) is 5.88 Å². The van der Waals surface area contributed by atoms with Crippen LogP contribution in [0.5, 0.6) is 0 Å². The van der Waals surface area contributed by atoms with Gasteiger partial charge in [0.15, 0.2) is 0 Å². The average Bonchev–Trinajstić information content (AvgIpc) is 2.01. The molecule has 60 valence electrons. The number of rotatable bonds is 1. The normalized spacial score (nSPS) is 10.2. The quantitative estimate of drug-likeness (QED) is 0.577. The second-order valence-corrected chi connectivity index (χ2v) is 2.55. The predicted octanol–water partition coefficient (Wildman–Crippen LogP) is 3.01. The molecule has 0 radical (unpaired) electrons. The molecule has 0 aromatic heterocycles. The largest absolute Gasteiger partial charge is 0.207 e. The van der Waals surface area contributed by atoms with Crippen LogP contribution in [-0.2, 0) is 5.88 Å². The number of benzene rings is 1. The molecule has 0 saturated heterocycles. The second-order valence-electron chi connectivity index (χ2n) is 2.28. The minimum atomic E-state index is -0.542. The molecule has 0 aliphatic rings. The third-order valence-corrected chi connectivity index (χ3v) is 1.83.